The molecule has 0 atom stereocenters. The number of piperazine rings is 2. The van der Waals surface area contributed by atoms with Gasteiger partial charge in [0.15, 0.2) is 5.78 Å². The van der Waals surface area contributed by atoms with Crippen LogP contribution >= 0.6 is 0 Å². The summed E-state index contributed by atoms with van der Waals surface area (Å²) in [6, 6.07) is 23.7. The molecule has 8 heterocycles. The molecule has 3 amide bonds. The zero-order chi connectivity index (χ0) is 63.7. The Morgan fingerprint density at radius 1 is 0.573 bits per heavy atom. The molecule has 19 nitrogen and oxygen atoms in total. The van der Waals surface area contributed by atoms with Gasteiger partial charge in [0, 0.05) is 170 Å². The Bertz CT molecular complexity index is 3920. The molecule has 0 bridgehead atoms. The monoisotopic (exact) mass is 1210 g/mol. The quantitative estimate of drug-likeness (QED) is 0.0317. The number of fused-ring (bicyclic) bond motifs is 2. The van der Waals surface area contributed by atoms with Crippen molar-refractivity contribution in [3.63, 3.8) is 0 Å². The lowest BCUT2D eigenvalue weighted by Crippen LogP contribution is -2.44. The summed E-state index contributed by atoms with van der Waals surface area (Å²) in [4.78, 5) is 101. The van der Waals surface area contributed by atoms with Gasteiger partial charge in [-0.05, 0) is 154 Å². The topological polar surface area (TPSA) is 219 Å². The van der Waals surface area contributed by atoms with E-state index in [9.17, 15) is 28.8 Å². The van der Waals surface area contributed by atoms with Crippen molar-refractivity contribution in [2.24, 2.45) is 0 Å². The maximum atomic E-state index is 13.8. The average Bonchev–Trinajstić information content (AvgIpc) is 2.04. The first-order valence-electron chi connectivity index (χ1n) is 31.1. The number of nitrogens with one attached hydrogen (secondary N) is 5. The van der Waals surface area contributed by atoms with Crippen molar-refractivity contribution in [3.8, 4) is 22.3 Å². The minimum absolute atomic E-state index is 0.117. The fourth-order valence-electron chi connectivity index (χ4n) is 11.4. The molecule has 89 heavy (non-hydrogen) atoms. The molecule has 5 N–H and O–H groups in total. The highest BCUT2D eigenvalue weighted by atomic mass is 16.2. The molecule has 0 unspecified atom stereocenters. The van der Waals surface area contributed by atoms with Gasteiger partial charge in [0.05, 0.1) is 6.54 Å². The third-order valence-electron chi connectivity index (χ3n) is 16.3. The van der Waals surface area contributed by atoms with E-state index in [1.54, 1.807) is 0 Å². The molecule has 0 saturated carbocycles. The van der Waals surface area contributed by atoms with Gasteiger partial charge in [0.1, 0.15) is 11.6 Å². The molecule has 2 aliphatic rings. The molecule has 8 aromatic rings. The maximum absolute atomic E-state index is 13.8. The number of likely N-dealkylation sites (N-methyl/N-ethyl adjacent to an activating group) is 2. The molecular formula is C70H87N13O6. The fourth-order valence-corrected chi connectivity index (χ4v) is 11.4. The lowest BCUT2D eigenvalue weighted by atomic mass is 10.00. The summed E-state index contributed by atoms with van der Waals surface area (Å²) < 4.78 is 3.93. The van der Waals surface area contributed by atoms with Crippen LogP contribution in [0, 0.1) is 13.8 Å². The van der Waals surface area contributed by atoms with Crippen LogP contribution in [0.2, 0.25) is 0 Å². The van der Waals surface area contributed by atoms with E-state index in [0.717, 1.165) is 156 Å². The normalized spacial score (nSPS) is 13.5. The number of carbonyl (C=O) groups is 4. The highest BCUT2D eigenvalue weighted by Crippen LogP contribution is 2.32. The molecule has 468 valence electrons. The van der Waals surface area contributed by atoms with Gasteiger partial charge in [-0.15, -0.1) is 0 Å². The second-order valence-corrected chi connectivity index (χ2v) is 22.7. The Kier molecular flexibility index (Phi) is 23.0. The number of allylic oxidation sites excluding steroid dienone is 1. The first-order chi connectivity index (χ1) is 43.0. The largest absolute Gasteiger partial charge is 0.354 e. The summed E-state index contributed by atoms with van der Waals surface area (Å²) in [6.07, 6.45) is 14.1. The Balaban J connectivity index is 0.000000224. The van der Waals surface area contributed by atoms with E-state index in [-0.39, 0.29) is 54.3 Å². The lowest BCUT2D eigenvalue weighted by Gasteiger charge is -2.33. The molecule has 0 aliphatic carbocycles. The van der Waals surface area contributed by atoms with E-state index in [1.807, 2.05) is 118 Å². The predicted molar refractivity (Wildman–Crippen MR) is 358 cm³/mol. The predicted octanol–water partition coefficient (Wildman–Crippen LogP) is 9.14. The molecule has 2 fully saturated rings. The molecular weight excluding hydrogens is 1120 g/mol. The number of aromatic amines is 2. The lowest BCUT2D eigenvalue weighted by molar-refractivity contribution is -0.116. The smallest absolute Gasteiger partial charge is 0.253 e. The van der Waals surface area contributed by atoms with Crippen LogP contribution in [0.1, 0.15) is 101 Å². The first-order valence-corrected chi connectivity index (χ1v) is 31.1. The minimum Gasteiger partial charge on any atom is -0.354 e. The van der Waals surface area contributed by atoms with Crippen LogP contribution < -0.4 is 36.9 Å². The van der Waals surface area contributed by atoms with E-state index in [1.165, 1.54) is 12.2 Å². The van der Waals surface area contributed by atoms with Crippen molar-refractivity contribution >= 4 is 56.9 Å². The van der Waals surface area contributed by atoms with Crippen LogP contribution in [0.3, 0.4) is 0 Å². The van der Waals surface area contributed by atoms with Gasteiger partial charge in [-0.3, -0.25) is 28.8 Å². The SMILES string of the molecule is C=CC(=O)Cn1ccc2c(C(=O)NCc3c(CCC)cc(C)[nH]c3=O)cc(-c3ccc(N4CCN(C)CC4)nc3)cc21.C=CC(=O)NCCCn1ccc2c(C(=O)NCc3c(CCC)cc(C)[nH]c3=O)cc(-c3ccc(N4CCN(C)CC4)nc3)cc21.CC. The number of benzene rings is 2. The van der Waals surface area contributed by atoms with Crippen LogP contribution in [-0.4, -0.2) is 135 Å². The summed E-state index contributed by atoms with van der Waals surface area (Å²) in [5, 5.41) is 10.4. The van der Waals surface area contributed by atoms with Crippen molar-refractivity contribution in [2.45, 2.75) is 99.8 Å². The second-order valence-electron chi connectivity index (χ2n) is 22.7. The van der Waals surface area contributed by atoms with Gasteiger partial charge in [-0.25, -0.2) is 9.97 Å². The van der Waals surface area contributed by atoms with Crippen molar-refractivity contribution in [1.82, 2.24) is 54.8 Å². The van der Waals surface area contributed by atoms with Crippen LogP contribution in [0.5, 0.6) is 0 Å². The van der Waals surface area contributed by atoms with Gasteiger partial charge in [0.25, 0.3) is 22.9 Å². The number of amides is 3. The summed E-state index contributed by atoms with van der Waals surface area (Å²) in [5.74, 6) is 1.01. The van der Waals surface area contributed by atoms with Crippen LogP contribution in [-0.2, 0) is 48.6 Å². The number of H-pyrrole nitrogens is 2. The number of carbonyl (C=O) groups excluding carboxylic acids is 4. The number of hydrogen-bond donors (Lipinski definition) is 5. The van der Waals surface area contributed by atoms with Gasteiger partial charge >= 0.3 is 0 Å². The first kappa shape index (κ1) is 65.8. The Labute approximate surface area is 521 Å². The van der Waals surface area contributed by atoms with Gasteiger partial charge in [-0.2, -0.15) is 0 Å². The van der Waals surface area contributed by atoms with Crippen LogP contribution in [0.4, 0.5) is 11.6 Å². The number of nitrogens with zero attached hydrogens (tertiary/aromatic N) is 8. The number of anilines is 2. The number of aryl methyl sites for hydroxylation is 5. The Hall–Kier alpha value is -9.20. The van der Waals surface area contributed by atoms with E-state index >= 15 is 0 Å². The Morgan fingerprint density at radius 3 is 1.44 bits per heavy atom. The van der Waals surface area contributed by atoms with Gasteiger partial charge < -0.3 is 54.7 Å². The van der Waals surface area contributed by atoms with Crippen molar-refractivity contribution in [1.29, 1.82) is 0 Å². The summed E-state index contributed by atoms with van der Waals surface area (Å²) in [6.45, 7) is 28.2. The third-order valence-corrected chi connectivity index (χ3v) is 16.3. The molecule has 19 heteroatoms. The van der Waals surface area contributed by atoms with Crippen LogP contribution in [0.25, 0.3) is 44.1 Å². The molecule has 2 aliphatic heterocycles. The minimum atomic E-state index is -0.293. The average molecular weight is 1210 g/mol. The van der Waals surface area contributed by atoms with Crippen molar-refractivity contribution in [3.05, 3.63) is 188 Å². The van der Waals surface area contributed by atoms with E-state index in [4.69, 9.17) is 9.97 Å². The molecule has 2 saturated heterocycles. The highest BCUT2D eigenvalue weighted by Gasteiger charge is 2.22. The van der Waals surface area contributed by atoms with E-state index in [0.29, 0.717) is 41.8 Å². The molecule has 10 rings (SSSR count). The molecule has 6 aromatic heterocycles. The van der Waals surface area contributed by atoms with Gasteiger partial charge in [-0.1, -0.05) is 53.7 Å². The highest BCUT2D eigenvalue weighted by molar-refractivity contribution is 6.09. The molecule has 2 aromatic carbocycles. The molecule has 0 spiro atoms. The van der Waals surface area contributed by atoms with Crippen molar-refractivity contribution in [2.75, 3.05) is 82.8 Å². The maximum Gasteiger partial charge on any atom is 0.253 e. The summed E-state index contributed by atoms with van der Waals surface area (Å²) in [7, 11) is 4.26. The van der Waals surface area contributed by atoms with Crippen LogP contribution in [0.15, 0.2) is 132 Å². The van der Waals surface area contributed by atoms with Crippen molar-refractivity contribution < 1.29 is 19.2 Å². The van der Waals surface area contributed by atoms with Gasteiger partial charge in [0.2, 0.25) is 5.91 Å². The van der Waals surface area contributed by atoms with E-state index in [2.05, 4.69) is 103 Å². The number of pyridine rings is 4. The Morgan fingerprint density at radius 2 is 1.02 bits per heavy atom. The zero-order valence-electron chi connectivity index (χ0n) is 53.1. The number of ketones is 1. The summed E-state index contributed by atoms with van der Waals surface area (Å²) >= 11 is 0. The molecule has 0 radical (unpaired) electrons. The number of aromatic nitrogens is 6. The number of rotatable bonds is 22. The fraction of sp³-hybridized carbons (Fsp3) is 0.371. The van der Waals surface area contributed by atoms with E-state index < -0.39 is 0 Å². The third kappa shape index (κ3) is 16.5. The standard InChI is InChI=1S/C35H43N7O3.C33H38N6O3.C2H6/c1-5-8-25-19-24(3)39-35(45)30(25)23-38-34(44)29-20-27(26-9-10-32(37-22-26)42-17-15-40(4)16-18-42)21-31-28(29)11-14-41(31)13-7-12-36-33(43)6-2;1-5-7-23-16-22(3)36-33(42)29(23)20-35-32(41)28-17-25(18-30-27(28)10-11-39(30)21-26(40)6-2)24-8-9-31(34-19-24)38-14-12-37(4)13-15-38;1-2/h6,9-11,14,19-22H,2,5,7-8,12-13,15-18,23H2,1,3-4H3,(H,36,43)(H,38,44)(H,39,45);6,8-11,16-19H,2,5,7,12-15,20-21H2,1,3-4H3,(H,35,41)(H,36,42);1-2H3. The second kappa shape index (κ2) is 31.1. The number of hydrogen-bond acceptors (Lipinski definition) is 12. The summed E-state index contributed by atoms with van der Waals surface area (Å²) in [5.41, 5.74) is 10.5. The zero-order valence-corrected chi connectivity index (χ0v) is 53.1.